The Morgan fingerprint density at radius 2 is 2.12 bits per heavy atom. The Kier molecular flexibility index (Phi) is 3.20. The lowest BCUT2D eigenvalue weighted by Crippen LogP contribution is -2.02. The summed E-state index contributed by atoms with van der Waals surface area (Å²) < 4.78 is 13.9. The van der Waals surface area contributed by atoms with Gasteiger partial charge < -0.3 is 5.32 Å². The predicted octanol–water partition coefficient (Wildman–Crippen LogP) is 3.94. The van der Waals surface area contributed by atoms with Crippen molar-refractivity contribution in [2.24, 2.45) is 0 Å². The molecule has 0 aliphatic rings. The van der Waals surface area contributed by atoms with Gasteiger partial charge in [0, 0.05) is 23.8 Å². The summed E-state index contributed by atoms with van der Waals surface area (Å²) in [5.41, 5.74) is 3.22. The zero-order chi connectivity index (χ0) is 12.6. The lowest BCUT2D eigenvalue weighted by atomic mass is 10.0. The lowest BCUT2D eigenvalue weighted by molar-refractivity contribution is 0.637. The van der Waals surface area contributed by atoms with Gasteiger partial charge in [0.05, 0.1) is 5.02 Å². The summed E-state index contributed by atoms with van der Waals surface area (Å²) in [6.07, 6.45) is 0.856. The van der Waals surface area contributed by atoms with Gasteiger partial charge in [-0.2, -0.15) is 0 Å². The number of pyridine rings is 1. The van der Waals surface area contributed by atoms with Gasteiger partial charge in [0.1, 0.15) is 5.52 Å². The predicted molar refractivity (Wildman–Crippen MR) is 70.4 cm³/mol. The molecule has 0 radical (unpaired) electrons. The van der Waals surface area contributed by atoms with Crippen LogP contribution in [-0.4, -0.2) is 12.0 Å². The molecule has 0 fully saturated rings. The van der Waals surface area contributed by atoms with Crippen LogP contribution in [0.2, 0.25) is 5.02 Å². The molecule has 0 saturated heterocycles. The summed E-state index contributed by atoms with van der Waals surface area (Å²) in [4.78, 5) is 4.32. The zero-order valence-electron chi connectivity index (χ0n) is 10.1. The number of hydrogen-bond acceptors (Lipinski definition) is 2. The largest absolute Gasteiger partial charge is 0.387 e. The Labute approximate surface area is 105 Å². The van der Waals surface area contributed by atoms with Crippen LogP contribution in [0.1, 0.15) is 18.2 Å². The Bertz CT molecular complexity index is 581. The number of aromatic nitrogens is 1. The van der Waals surface area contributed by atoms with Crippen LogP contribution in [0.5, 0.6) is 0 Å². The van der Waals surface area contributed by atoms with Crippen molar-refractivity contribution in [3.63, 3.8) is 0 Å². The fourth-order valence-electron chi connectivity index (χ4n) is 2.15. The van der Waals surface area contributed by atoms with E-state index in [1.807, 2.05) is 14.0 Å². The molecule has 0 spiro atoms. The number of fused-ring (bicyclic) bond motifs is 1. The standard InChI is InChI=1S/C13H14ClFN2/c1-4-8-7(2)17-13-9(12(8)16-3)5-6-10(14)11(13)15/h5-6H,4H2,1-3H3,(H,16,17). The highest BCUT2D eigenvalue weighted by atomic mass is 35.5. The van der Waals surface area contributed by atoms with E-state index in [2.05, 4.69) is 17.2 Å². The van der Waals surface area contributed by atoms with E-state index in [-0.39, 0.29) is 5.02 Å². The van der Waals surface area contributed by atoms with E-state index in [9.17, 15) is 4.39 Å². The molecule has 90 valence electrons. The average molecular weight is 253 g/mol. The number of aryl methyl sites for hydroxylation is 1. The zero-order valence-corrected chi connectivity index (χ0v) is 10.8. The monoisotopic (exact) mass is 252 g/mol. The van der Waals surface area contributed by atoms with Crippen LogP contribution in [0.25, 0.3) is 10.9 Å². The summed E-state index contributed by atoms with van der Waals surface area (Å²) in [7, 11) is 1.83. The lowest BCUT2D eigenvalue weighted by Gasteiger charge is -2.14. The number of anilines is 1. The first kappa shape index (κ1) is 12.1. The van der Waals surface area contributed by atoms with Crippen LogP contribution in [-0.2, 0) is 6.42 Å². The number of hydrogen-bond donors (Lipinski definition) is 1. The van der Waals surface area contributed by atoms with Crippen molar-refractivity contribution in [3.05, 3.63) is 34.2 Å². The van der Waals surface area contributed by atoms with Gasteiger partial charge in [0.25, 0.3) is 0 Å². The van der Waals surface area contributed by atoms with Crippen molar-refractivity contribution < 1.29 is 4.39 Å². The van der Waals surface area contributed by atoms with E-state index in [1.165, 1.54) is 0 Å². The van der Waals surface area contributed by atoms with Gasteiger partial charge >= 0.3 is 0 Å². The van der Waals surface area contributed by atoms with E-state index in [0.717, 1.165) is 28.8 Å². The van der Waals surface area contributed by atoms with Crippen molar-refractivity contribution in [1.82, 2.24) is 4.98 Å². The third-order valence-electron chi connectivity index (χ3n) is 2.96. The third-order valence-corrected chi connectivity index (χ3v) is 3.25. The van der Waals surface area contributed by atoms with Crippen molar-refractivity contribution >= 4 is 28.2 Å². The van der Waals surface area contributed by atoms with Crippen molar-refractivity contribution in [3.8, 4) is 0 Å². The first-order chi connectivity index (χ1) is 8.10. The van der Waals surface area contributed by atoms with Gasteiger partial charge in [-0.05, 0) is 31.0 Å². The van der Waals surface area contributed by atoms with E-state index < -0.39 is 5.82 Å². The number of nitrogens with one attached hydrogen (secondary N) is 1. The second-order valence-electron chi connectivity index (χ2n) is 3.91. The van der Waals surface area contributed by atoms with Gasteiger partial charge in [0.15, 0.2) is 5.82 Å². The topological polar surface area (TPSA) is 24.9 Å². The normalized spacial score (nSPS) is 10.9. The maximum absolute atomic E-state index is 13.9. The molecule has 0 aliphatic carbocycles. The van der Waals surface area contributed by atoms with Crippen LogP contribution in [0.4, 0.5) is 10.1 Å². The quantitative estimate of drug-likeness (QED) is 0.876. The minimum Gasteiger partial charge on any atom is -0.387 e. The summed E-state index contributed by atoms with van der Waals surface area (Å²) in [6, 6.07) is 3.37. The van der Waals surface area contributed by atoms with Crippen molar-refractivity contribution in [2.75, 3.05) is 12.4 Å². The van der Waals surface area contributed by atoms with Gasteiger partial charge in [-0.1, -0.05) is 18.5 Å². The van der Waals surface area contributed by atoms with E-state index >= 15 is 0 Å². The molecule has 0 unspecified atom stereocenters. The molecule has 2 rings (SSSR count). The number of halogens is 2. The van der Waals surface area contributed by atoms with Gasteiger partial charge in [-0.15, -0.1) is 0 Å². The fourth-order valence-corrected chi connectivity index (χ4v) is 2.30. The summed E-state index contributed by atoms with van der Waals surface area (Å²) in [5.74, 6) is -0.452. The molecule has 1 N–H and O–H groups in total. The summed E-state index contributed by atoms with van der Waals surface area (Å²) >= 11 is 5.77. The molecular formula is C13H14ClFN2. The Hall–Kier alpha value is -1.35. The minimum atomic E-state index is -0.452. The first-order valence-electron chi connectivity index (χ1n) is 5.55. The first-order valence-corrected chi connectivity index (χ1v) is 5.92. The average Bonchev–Trinajstić information content (AvgIpc) is 2.33. The Morgan fingerprint density at radius 1 is 1.41 bits per heavy atom. The molecule has 1 heterocycles. The molecule has 1 aromatic carbocycles. The maximum Gasteiger partial charge on any atom is 0.168 e. The van der Waals surface area contributed by atoms with Crippen LogP contribution in [0.3, 0.4) is 0 Å². The second kappa shape index (κ2) is 4.49. The van der Waals surface area contributed by atoms with Crippen LogP contribution >= 0.6 is 11.6 Å². The molecule has 2 aromatic rings. The molecule has 1 aromatic heterocycles. The van der Waals surface area contributed by atoms with Gasteiger partial charge in [-0.3, -0.25) is 0 Å². The van der Waals surface area contributed by atoms with Crippen LogP contribution < -0.4 is 5.32 Å². The second-order valence-corrected chi connectivity index (χ2v) is 4.32. The number of rotatable bonds is 2. The van der Waals surface area contributed by atoms with E-state index in [1.54, 1.807) is 12.1 Å². The van der Waals surface area contributed by atoms with Crippen LogP contribution in [0, 0.1) is 12.7 Å². The molecule has 0 saturated carbocycles. The highest BCUT2D eigenvalue weighted by Gasteiger charge is 2.14. The highest BCUT2D eigenvalue weighted by molar-refractivity contribution is 6.31. The third kappa shape index (κ3) is 1.84. The fraction of sp³-hybridized carbons (Fsp3) is 0.308. The Balaban J connectivity index is 2.92. The highest BCUT2D eigenvalue weighted by Crippen LogP contribution is 2.32. The Morgan fingerprint density at radius 3 is 2.71 bits per heavy atom. The number of nitrogens with zero attached hydrogens (tertiary/aromatic N) is 1. The molecular weight excluding hydrogens is 239 g/mol. The van der Waals surface area contributed by atoms with E-state index in [0.29, 0.717) is 5.52 Å². The number of benzene rings is 1. The summed E-state index contributed by atoms with van der Waals surface area (Å²) in [5, 5.41) is 4.01. The molecule has 17 heavy (non-hydrogen) atoms. The van der Waals surface area contributed by atoms with E-state index in [4.69, 9.17) is 11.6 Å². The molecule has 4 heteroatoms. The van der Waals surface area contributed by atoms with Gasteiger partial charge in [0.2, 0.25) is 0 Å². The smallest absolute Gasteiger partial charge is 0.168 e. The van der Waals surface area contributed by atoms with Crippen molar-refractivity contribution in [1.29, 1.82) is 0 Å². The van der Waals surface area contributed by atoms with Crippen LogP contribution in [0.15, 0.2) is 12.1 Å². The molecule has 0 bridgehead atoms. The molecule has 0 amide bonds. The van der Waals surface area contributed by atoms with Gasteiger partial charge in [-0.25, -0.2) is 9.37 Å². The molecule has 0 atom stereocenters. The maximum atomic E-state index is 13.9. The minimum absolute atomic E-state index is 0.107. The SMILES string of the molecule is CCc1c(C)nc2c(F)c(Cl)ccc2c1NC. The van der Waals surface area contributed by atoms with Crippen molar-refractivity contribution in [2.45, 2.75) is 20.3 Å². The molecule has 2 nitrogen and oxygen atoms in total. The molecule has 0 aliphatic heterocycles. The summed E-state index contributed by atoms with van der Waals surface area (Å²) in [6.45, 7) is 3.95.